The molecule has 4 nitrogen and oxygen atoms in total. The first-order chi connectivity index (χ1) is 8.59. The molecule has 0 radical (unpaired) electrons. The number of hydrogen-bond donors (Lipinski definition) is 2. The van der Waals surface area contributed by atoms with E-state index in [0.29, 0.717) is 12.5 Å². The van der Waals surface area contributed by atoms with E-state index in [1.54, 1.807) is 0 Å². The van der Waals surface area contributed by atoms with Crippen molar-refractivity contribution < 1.29 is 9.90 Å². The van der Waals surface area contributed by atoms with E-state index in [4.69, 9.17) is 5.73 Å². The number of aliphatic hydroxyl groups is 1. The van der Waals surface area contributed by atoms with Crippen molar-refractivity contribution in [1.29, 1.82) is 0 Å². The van der Waals surface area contributed by atoms with Crippen LogP contribution in [0.1, 0.15) is 45.4 Å². The lowest BCUT2D eigenvalue weighted by Crippen LogP contribution is -2.50. The number of nitrogens with two attached hydrogens (primary N) is 1. The number of likely N-dealkylation sites (tertiary alicyclic amines) is 1. The first-order valence-corrected chi connectivity index (χ1v) is 7.26. The molecule has 1 saturated heterocycles. The van der Waals surface area contributed by atoms with Crippen LogP contribution in [0.15, 0.2) is 0 Å². The topological polar surface area (TPSA) is 66.6 Å². The summed E-state index contributed by atoms with van der Waals surface area (Å²) in [5, 5.41) is 9.59. The molecule has 19 heavy (non-hydrogen) atoms. The molecule has 1 saturated carbocycles. The summed E-state index contributed by atoms with van der Waals surface area (Å²) >= 11 is 0. The number of amides is 1. The molecule has 1 amide bonds. The highest BCUT2D eigenvalue weighted by molar-refractivity contribution is 5.85. The minimum absolute atomic E-state index is 0. The molecule has 0 aromatic carbocycles. The van der Waals surface area contributed by atoms with Gasteiger partial charge in [-0.15, -0.1) is 12.4 Å². The maximum absolute atomic E-state index is 12.6. The summed E-state index contributed by atoms with van der Waals surface area (Å²) in [4.78, 5) is 14.6. The standard InChI is InChI=1S/C14H26N2O2.ClH/c1-11(17)12-4-8-16(9-5-12)13(18)14(10-15)6-2-3-7-14;/h11-12,17H,2-10,15H2,1H3;1H. The highest BCUT2D eigenvalue weighted by Crippen LogP contribution is 2.39. The number of carbonyl (C=O) groups excluding carboxylic acids is 1. The predicted molar refractivity (Wildman–Crippen MR) is 78.2 cm³/mol. The summed E-state index contributed by atoms with van der Waals surface area (Å²) in [6.45, 7) is 3.91. The SMILES string of the molecule is CC(O)C1CCN(C(=O)C2(CN)CCCC2)CC1.Cl. The summed E-state index contributed by atoms with van der Waals surface area (Å²) in [6.07, 6.45) is 5.77. The van der Waals surface area contributed by atoms with Gasteiger partial charge in [0, 0.05) is 19.6 Å². The minimum atomic E-state index is -0.266. The van der Waals surface area contributed by atoms with Crippen molar-refractivity contribution in [2.75, 3.05) is 19.6 Å². The van der Waals surface area contributed by atoms with Crippen LogP contribution in [0.3, 0.4) is 0 Å². The van der Waals surface area contributed by atoms with Gasteiger partial charge in [-0.05, 0) is 38.5 Å². The highest BCUT2D eigenvalue weighted by atomic mass is 35.5. The fourth-order valence-electron chi connectivity index (χ4n) is 3.48. The first kappa shape index (κ1) is 16.7. The summed E-state index contributed by atoms with van der Waals surface area (Å²) in [5.41, 5.74) is 5.60. The Morgan fingerprint density at radius 2 is 1.89 bits per heavy atom. The van der Waals surface area contributed by atoms with Crippen LogP contribution in [-0.2, 0) is 4.79 Å². The largest absolute Gasteiger partial charge is 0.393 e. The molecule has 0 aromatic heterocycles. The lowest BCUT2D eigenvalue weighted by atomic mass is 9.83. The lowest BCUT2D eigenvalue weighted by molar-refractivity contribution is -0.143. The van der Waals surface area contributed by atoms with Crippen molar-refractivity contribution in [3.8, 4) is 0 Å². The van der Waals surface area contributed by atoms with Crippen molar-refractivity contribution in [3.05, 3.63) is 0 Å². The van der Waals surface area contributed by atoms with Crippen LogP contribution in [0, 0.1) is 11.3 Å². The third-order valence-corrected chi connectivity index (χ3v) is 4.91. The number of hydrogen-bond acceptors (Lipinski definition) is 3. The van der Waals surface area contributed by atoms with Crippen LogP contribution in [-0.4, -0.2) is 41.7 Å². The zero-order chi connectivity index (χ0) is 13.2. The average Bonchev–Trinajstić information content (AvgIpc) is 2.88. The number of piperidine rings is 1. The molecular formula is C14H27ClN2O2. The van der Waals surface area contributed by atoms with Crippen molar-refractivity contribution >= 4 is 18.3 Å². The van der Waals surface area contributed by atoms with Gasteiger partial charge in [-0.3, -0.25) is 4.79 Å². The van der Waals surface area contributed by atoms with Crippen LogP contribution < -0.4 is 5.73 Å². The Hall–Kier alpha value is -0.320. The van der Waals surface area contributed by atoms with Crippen LogP contribution in [0.5, 0.6) is 0 Å². The fraction of sp³-hybridized carbons (Fsp3) is 0.929. The normalized spacial score (nSPS) is 24.9. The molecule has 3 N–H and O–H groups in total. The zero-order valence-corrected chi connectivity index (χ0v) is 12.6. The van der Waals surface area contributed by atoms with E-state index in [-0.39, 0.29) is 29.8 Å². The molecule has 1 aliphatic carbocycles. The van der Waals surface area contributed by atoms with Gasteiger partial charge in [-0.2, -0.15) is 0 Å². The lowest BCUT2D eigenvalue weighted by Gasteiger charge is -2.38. The Labute approximate surface area is 122 Å². The van der Waals surface area contributed by atoms with Crippen molar-refractivity contribution in [2.24, 2.45) is 17.1 Å². The van der Waals surface area contributed by atoms with E-state index >= 15 is 0 Å². The van der Waals surface area contributed by atoms with Crippen LogP contribution in [0.25, 0.3) is 0 Å². The van der Waals surface area contributed by atoms with Crippen molar-refractivity contribution in [2.45, 2.75) is 51.6 Å². The van der Waals surface area contributed by atoms with E-state index in [0.717, 1.165) is 51.6 Å². The molecule has 0 spiro atoms. The third kappa shape index (κ3) is 3.41. The van der Waals surface area contributed by atoms with Gasteiger partial charge in [0.1, 0.15) is 0 Å². The van der Waals surface area contributed by atoms with Gasteiger partial charge in [-0.25, -0.2) is 0 Å². The molecule has 2 aliphatic rings. The van der Waals surface area contributed by atoms with Crippen LogP contribution in [0.2, 0.25) is 0 Å². The molecule has 1 atom stereocenters. The van der Waals surface area contributed by atoms with Crippen molar-refractivity contribution in [1.82, 2.24) is 4.90 Å². The molecule has 1 unspecified atom stereocenters. The number of carbonyl (C=O) groups is 1. The maximum atomic E-state index is 12.6. The number of rotatable bonds is 3. The van der Waals surface area contributed by atoms with Gasteiger partial charge < -0.3 is 15.7 Å². The molecular weight excluding hydrogens is 264 g/mol. The minimum Gasteiger partial charge on any atom is -0.393 e. The quantitative estimate of drug-likeness (QED) is 0.829. The highest BCUT2D eigenvalue weighted by Gasteiger charge is 2.43. The molecule has 0 aromatic rings. The molecule has 5 heteroatoms. The molecule has 2 fully saturated rings. The maximum Gasteiger partial charge on any atom is 0.230 e. The summed E-state index contributed by atoms with van der Waals surface area (Å²) in [6, 6.07) is 0. The van der Waals surface area contributed by atoms with Crippen molar-refractivity contribution in [3.63, 3.8) is 0 Å². The summed E-state index contributed by atoms with van der Waals surface area (Å²) in [5.74, 6) is 0.623. The van der Waals surface area contributed by atoms with Crippen LogP contribution >= 0.6 is 12.4 Å². The first-order valence-electron chi connectivity index (χ1n) is 7.26. The van der Waals surface area contributed by atoms with Gasteiger partial charge in [0.25, 0.3) is 0 Å². The van der Waals surface area contributed by atoms with E-state index in [1.807, 2.05) is 11.8 Å². The third-order valence-electron chi connectivity index (χ3n) is 4.91. The monoisotopic (exact) mass is 290 g/mol. The van der Waals surface area contributed by atoms with Gasteiger partial charge in [0.05, 0.1) is 11.5 Å². The van der Waals surface area contributed by atoms with Gasteiger partial charge in [-0.1, -0.05) is 12.8 Å². The molecule has 112 valence electrons. The fourth-order valence-corrected chi connectivity index (χ4v) is 3.48. The molecule has 1 aliphatic heterocycles. The van der Waals surface area contributed by atoms with E-state index in [9.17, 15) is 9.90 Å². The zero-order valence-electron chi connectivity index (χ0n) is 11.8. The van der Waals surface area contributed by atoms with Gasteiger partial charge in [0.2, 0.25) is 5.91 Å². The second-order valence-electron chi connectivity index (χ2n) is 6.06. The second-order valence-corrected chi connectivity index (χ2v) is 6.06. The predicted octanol–water partition coefficient (Wildman–Crippen LogP) is 1.55. The number of nitrogens with zero attached hydrogens (tertiary/aromatic N) is 1. The van der Waals surface area contributed by atoms with Crippen LogP contribution in [0.4, 0.5) is 0 Å². The smallest absolute Gasteiger partial charge is 0.230 e. The molecule has 0 bridgehead atoms. The Morgan fingerprint density at radius 3 is 2.32 bits per heavy atom. The molecule has 2 rings (SSSR count). The Bertz CT molecular complexity index is 296. The Kier molecular flexibility index (Phi) is 6.09. The van der Waals surface area contributed by atoms with E-state index in [2.05, 4.69) is 0 Å². The number of halogens is 1. The Balaban J connectivity index is 0.00000180. The van der Waals surface area contributed by atoms with E-state index in [1.165, 1.54) is 0 Å². The summed E-state index contributed by atoms with van der Waals surface area (Å²) < 4.78 is 0. The summed E-state index contributed by atoms with van der Waals surface area (Å²) in [7, 11) is 0. The van der Waals surface area contributed by atoms with Gasteiger partial charge >= 0.3 is 0 Å². The van der Waals surface area contributed by atoms with Gasteiger partial charge in [0.15, 0.2) is 0 Å². The average molecular weight is 291 g/mol. The number of aliphatic hydroxyl groups excluding tert-OH is 1. The van der Waals surface area contributed by atoms with E-state index < -0.39 is 0 Å². The molecule has 1 heterocycles. The second kappa shape index (κ2) is 6.91. The Morgan fingerprint density at radius 1 is 1.37 bits per heavy atom.